The molecule has 8 heteroatoms. The van der Waals surface area contributed by atoms with E-state index in [9.17, 15) is 14.9 Å². The molecule has 0 atom stereocenters. The molecule has 8 nitrogen and oxygen atoms in total. The third kappa shape index (κ3) is 3.59. The van der Waals surface area contributed by atoms with E-state index in [1.165, 1.54) is 6.20 Å². The number of hydrogen-bond donors (Lipinski definition) is 1. The molecule has 0 unspecified atom stereocenters. The van der Waals surface area contributed by atoms with Crippen LogP contribution in [0.5, 0.6) is 0 Å². The van der Waals surface area contributed by atoms with Crippen molar-refractivity contribution < 1.29 is 4.92 Å². The van der Waals surface area contributed by atoms with Gasteiger partial charge in [0, 0.05) is 30.2 Å². The second kappa shape index (κ2) is 7.45. The summed E-state index contributed by atoms with van der Waals surface area (Å²) in [4.78, 5) is 29.7. The lowest BCUT2D eigenvalue weighted by atomic mass is 10.2. The summed E-state index contributed by atoms with van der Waals surface area (Å²) in [6, 6.07) is 12.8. The molecule has 0 spiro atoms. The largest absolute Gasteiger partial charge is 0.376 e. The normalized spacial score (nSPS) is 11.0. The van der Waals surface area contributed by atoms with Crippen LogP contribution in [-0.2, 0) is 0 Å². The molecular formula is C19H21N5O3. The van der Waals surface area contributed by atoms with Crippen LogP contribution >= 0.6 is 0 Å². The Morgan fingerprint density at radius 3 is 2.52 bits per heavy atom. The topological polar surface area (TPSA) is 92.8 Å². The predicted octanol–water partition coefficient (Wildman–Crippen LogP) is 3.58. The van der Waals surface area contributed by atoms with Crippen molar-refractivity contribution in [1.29, 1.82) is 0 Å². The van der Waals surface area contributed by atoms with Gasteiger partial charge in [-0.3, -0.25) is 19.3 Å². The van der Waals surface area contributed by atoms with Crippen molar-refractivity contribution >= 4 is 28.5 Å². The summed E-state index contributed by atoms with van der Waals surface area (Å²) in [6.07, 6.45) is 1.46. The first-order valence-electron chi connectivity index (χ1n) is 8.72. The number of nitro groups is 1. The minimum atomic E-state index is -0.721. The van der Waals surface area contributed by atoms with E-state index in [1.807, 2.05) is 24.3 Å². The number of fused-ring (bicyclic) bond motifs is 1. The SMILES string of the molecule is CCN(c1ccc(Nc2nc3ccccn3c(=O)c2[N+](=O)[O-])cc1)C(C)C. The Labute approximate surface area is 156 Å². The van der Waals surface area contributed by atoms with Crippen molar-refractivity contribution in [2.75, 3.05) is 16.8 Å². The van der Waals surface area contributed by atoms with Crippen molar-refractivity contribution in [2.45, 2.75) is 26.8 Å². The van der Waals surface area contributed by atoms with Gasteiger partial charge in [-0.1, -0.05) is 6.07 Å². The summed E-state index contributed by atoms with van der Waals surface area (Å²) in [6.45, 7) is 7.19. The highest BCUT2D eigenvalue weighted by atomic mass is 16.6. The van der Waals surface area contributed by atoms with Crippen LogP contribution in [0.3, 0.4) is 0 Å². The Bertz CT molecular complexity index is 1030. The molecule has 0 aliphatic carbocycles. The Balaban J connectivity index is 2.00. The molecule has 2 aromatic heterocycles. The van der Waals surface area contributed by atoms with Crippen LogP contribution < -0.4 is 15.8 Å². The number of pyridine rings is 1. The zero-order chi connectivity index (χ0) is 19.6. The second-order valence-electron chi connectivity index (χ2n) is 6.35. The summed E-state index contributed by atoms with van der Waals surface area (Å²) in [7, 11) is 0. The van der Waals surface area contributed by atoms with E-state index >= 15 is 0 Å². The van der Waals surface area contributed by atoms with Gasteiger partial charge in [-0.25, -0.2) is 4.98 Å². The smallest absolute Gasteiger partial charge is 0.369 e. The molecule has 0 bridgehead atoms. The van der Waals surface area contributed by atoms with Crippen LogP contribution in [0.15, 0.2) is 53.5 Å². The van der Waals surface area contributed by atoms with E-state index in [-0.39, 0.29) is 5.82 Å². The van der Waals surface area contributed by atoms with Gasteiger partial charge in [0.15, 0.2) is 0 Å². The molecular weight excluding hydrogens is 346 g/mol. The van der Waals surface area contributed by atoms with E-state index in [2.05, 4.69) is 36.0 Å². The van der Waals surface area contributed by atoms with Crippen LogP contribution in [-0.4, -0.2) is 26.9 Å². The van der Waals surface area contributed by atoms with Gasteiger partial charge in [0.1, 0.15) is 5.65 Å². The van der Waals surface area contributed by atoms with E-state index in [1.54, 1.807) is 18.2 Å². The summed E-state index contributed by atoms with van der Waals surface area (Å²) < 4.78 is 1.16. The zero-order valence-electron chi connectivity index (χ0n) is 15.4. The lowest BCUT2D eigenvalue weighted by Crippen LogP contribution is -2.30. The average Bonchev–Trinajstić information content (AvgIpc) is 2.63. The highest BCUT2D eigenvalue weighted by Gasteiger charge is 2.23. The number of nitrogens with one attached hydrogen (secondary N) is 1. The molecule has 3 rings (SSSR count). The van der Waals surface area contributed by atoms with Crippen LogP contribution in [0.2, 0.25) is 0 Å². The molecule has 0 aliphatic rings. The fourth-order valence-corrected chi connectivity index (χ4v) is 3.05. The lowest BCUT2D eigenvalue weighted by Gasteiger charge is -2.27. The summed E-state index contributed by atoms with van der Waals surface area (Å²) in [5.41, 5.74) is 0.707. The lowest BCUT2D eigenvalue weighted by molar-refractivity contribution is -0.385. The molecule has 140 valence electrons. The maximum atomic E-state index is 12.5. The first-order chi connectivity index (χ1) is 12.9. The molecule has 0 radical (unpaired) electrons. The molecule has 3 aromatic rings. The van der Waals surface area contributed by atoms with Gasteiger partial charge in [0.25, 0.3) is 0 Å². The van der Waals surface area contributed by atoms with Crippen molar-refractivity contribution in [3.05, 3.63) is 69.1 Å². The highest BCUT2D eigenvalue weighted by Crippen LogP contribution is 2.25. The molecule has 1 aromatic carbocycles. The molecule has 27 heavy (non-hydrogen) atoms. The first-order valence-corrected chi connectivity index (χ1v) is 8.72. The quantitative estimate of drug-likeness (QED) is 0.529. The van der Waals surface area contributed by atoms with Crippen molar-refractivity contribution in [3.63, 3.8) is 0 Å². The molecule has 0 aliphatic heterocycles. The van der Waals surface area contributed by atoms with Crippen LogP contribution in [0, 0.1) is 10.1 Å². The Morgan fingerprint density at radius 2 is 1.93 bits per heavy atom. The molecule has 0 saturated heterocycles. The fraction of sp³-hybridized carbons (Fsp3) is 0.263. The number of aromatic nitrogens is 2. The van der Waals surface area contributed by atoms with Gasteiger partial charge in [0.05, 0.1) is 4.92 Å². The van der Waals surface area contributed by atoms with Crippen LogP contribution in [0.1, 0.15) is 20.8 Å². The second-order valence-corrected chi connectivity index (χ2v) is 6.35. The van der Waals surface area contributed by atoms with Crippen LogP contribution in [0.25, 0.3) is 5.65 Å². The molecule has 0 saturated carbocycles. The minimum Gasteiger partial charge on any atom is -0.369 e. The number of anilines is 3. The van der Waals surface area contributed by atoms with Gasteiger partial charge in [-0.2, -0.15) is 0 Å². The van der Waals surface area contributed by atoms with Crippen molar-refractivity contribution in [2.24, 2.45) is 0 Å². The third-order valence-corrected chi connectivity index (χ3v) is 4.32. The van der Waals surface area contributed by atoms with E-state index in [0.29, 0.717) is 17.4 Å². The molecule has 2 heterocycles. The Hall–Kier alpha value is -3.42. The summed E-state index contributed by atoms with van der Waals surface area (Å²) in [5, 5.41) is 14.4. The van der Waals surface area contributed by atoms with Gasteiger partial charge in [0.2, 0.25) is 5.82 Å². The zero-order valence-corrected chi connectivity index (χ0v) is 15.4. The maximum Gasteiger partial charge on any atom is 0.376 e. The molecule has 1 N–H and O–H groups in total. The van der Waals surface area contributed by atoms with E-state index in [4.69, 9.17) is 0 Å². The monoisotopic (exact) mass is 367 g/mol. The first kappa shape index (κ1) is 18.4. The minimum absolute atomic E-state index is 0.0693. The van der Waals surface area contributed by atoms with E-state index < -0.39 is 16.2 Å². The Kier molecular flexibility index (Phi) is 5.07. The van der Waals surface area contributed by atoms with Crippen LogP contribution in [0.4, 0.5) is 22.9 Å². The van der Waals surface area contributed by atoms with Crippen molar-refractivity contribution in [1.82, 2.24) is 9.38 Å². The molecule has 0 fully saturated rings. The van der Waals surface area contributed by atoms with Gasteiger partial charge >= 0.3 is 11.2 Å². The van der Waals surface area contributed by atoms with Gasteiger partial charge < -0.3 is 10.2 Å². The maximum absolute atomic E-state index is 12.5. The highest BCUT2D eigenvalue weighted by molar-refractivity contribution is 5.68. The standard InChI is InChI=1S/C19H21N5O3/c1-4-22(13(2)3)15-10-8-14(9-11-15)20-18-17(24(26)27)19(25)23-12-6-5-7-16(23)21-18/h5-13,20H,4H2,1-3H3. The number of nitrogens with zero attached hydrogens (tertiary/aromatic N) is 4. The average molecular weight is 367 g/mol. The molecule has 0 amide bonds. The number of benzene rings is 1. The predicted molar refractivity (Wildman–Crippen MR) is 106 cm³/mol. The van der Waals surface area contributed by atoms with Gasteiger partial charge in [-0.15, -0.1) is 0 Å². The van der Waals surface area contributed by atoms with Gasteiger partial charge in [-0.05, 0) is 57.2 Å². The fourth-order valence-electron chi connectivity index (χ4n) is 3.05. The summed E-state index contributed by atoms with van der Waals surface area (Å²) >= 11 is 0. The number of hydrogen-bond acceptors (Lipinski definition) is 6. The third-order valence-electron chi connectivity index (χ3n) is 4.32. The van der Waals surface area contributed by atoms with E-state index in [0.717, 1.165) is 16.6 Å². The summed E-state index contributed by atoms with van der Waals surface area (Å²) in [5.74, 6) is -0.0693. The number of rotatable bonds is 6. The Morgan fingerprint density at radius 1 is 1.22 bits per heavy atom. The van der Waals surface area contributed by atoms with Crippen molar-refractivity contribution in [3.8, 4) is 0 Å².